The smallest absolute Gasteiger partial charge is 0.124 e. The molecule has 0 saturated heterocycles. The zero-order chi connectivity index (χ0) is 21.6. The van der Waals surface area contributed by atoms with Crippen molar-refractivity contribution in [1.82, 2.24) is 4.98 Å². The summed E-state index contributed by atoms with van der Waals surface area (Å²) in [4.78, 5) is 6.85. The van der Waals surface area contributed by atoms with Crippen molar-refractivity contribution in [3.8, 4) is 16.3 Å². The molecule has 0 spiro atoms. The number of nitrogens with zero attached hydrogens (tertiary/aromatic N) is 2. The fraction of sp³-hybridized carbons (Fsp3) is 0.192. The molecule has 158 valence electrons. The number of fused-ring (bicyclic) bond motifs is 1. The Hall–Kier alpha value is -3.18. The lowest BCUT2D eigenvalue weighted by Gasteiger charge is -2.11. The monoisotopic (exact) mass is 432 g/mol. The summed E-state index contributed by atoms with van der Waals surface area (Å²) in [7, 11) is 4.08. The zero-order valence-electron chi connectivity index (χ0n) is 17.7. The van der Waals surface area contributed by atoms with Crippen molar-refractivity contribution in [1.29, 1.82) is 0 Å². The first-order valence-electron chi connectivity index (χ1n) is 10.3. The standard InChI is InChI=1S/C26H25FN2OS/c1-29(2)22-12-8-20(9-13-22)5-4-19-6-10-21(11-7-19)26-28-24-18-23(30-17-3-16-27)14-15-25(24)31-26/h4-15,18H,3,16-17H2,1-2H3/b5-4+. The topological polar surface area (TPSA) is 25.4 Å². The van der Waals surface area contributed by atoms with Crippen molar-refractivity contribution in [2.45, 2.75) is 6.42 Å². The van der Waals surface area contributed by atoms with E-state index in [1.54, 1.807) is 11.3 Å². The second-order valence-electron chi connectivity index (χ2n) is 7.48. The first-order chi connectivity index (χ1) is 15.1. The molecular formula is C26H25FN2OS. The second kappa shape index (κ2) is 9.75. The van der Waals surface area contributed by atoms with Crippen LogP contribution in [0.25, 0.3) is 32.9 Å². The van der Waals surface area contributed by atoms with Crippen molar-refractivity contribution < 1.29 is 9.13 Å². The third-order valence-electron chi connectivity index (χ3n) is 4.94. The predicted molar refractivity (Wildman–Crippen MR) is 131 cm³/mol. The van der Waals surface area contributed by atoms with Gasteiger partial charge in [-0.1, -0.05) is 48.6 Å². The van der Waals surface area contributed by atoms with Gasteiger partial charge in [0.05, 0.1) is 23.5 Å². The van der Waals surface area contributed by atoms with E-state index in [0.717, 1.165) is 32.1 Å². The lowest BCUT2D eigenvalue weighted by atomic mass is 10.1. The molecule has 3 aromatic carbocycles. The number of aromatic nitrogens is 1. The van der Waals surface area contributed by atoms with Crippen LogP contribution in [0.5, 0.6) is 5.75 Å². The largest absolute Gasteiger partial charge is 0.493 e. The van der Waals surface area contributed by atoms with E-state index in [2.05, 4.69) is 65.6 Å². The van der Waals surface area contributed by atoms with Gasteiger partial charge in [-0.3, -0.25) is 4.39 Å². The molecule has 4 aromatic rings. The molecule has 0 atom stereocenters. The quantitative estimate of drug-likeness (QED) is 0.223. The predicted octanol–water partition coefficient (Wildman–Crippen LogP) is 6.94. The Morgan fingerprint density at radius 2 is 1.61 bits per heavy atom. The second-order valence-corrected chi connectivity index (χ2v) is 8.51. The Balaban J connectivity index is 1.46. The molecule has 0 N–H and O–H groups in total. The normalized spacial score (nSPS) is 11.3. The van der Waals surface area contributed by atoms with Gasteiger partial charge in [-0.25, -0.2) is 4.98 Å². The summed E-state index contributed by atoms with van der Waals surface area (Å²) in [6.45, 7) is 0.0186. The fourth-order valence-corrected chi connectivity index (χ4v) is 4.13. The average molecular weight is 433 g/mol. The Labute approximate surface area is 186 Å². The zero-order valence-corrected chi connectivity index (χ0v) is 18.5. The van der Waals surface area contributed by atoms with Gasteiger partial charge in [-0.05, 0) is 35.4 Å². The number of benzene rings is 3. The number of hydrogen-bond acceptors (Lipinski definition) is 4. The van der Waals surface area contributed by atoms with Crippen LogP contribution in [0.3, 0.4) is 0 Å². The van der Waals surface area contributed by atoms with Gasteiger partial charge in [0.15, 0.2) is 0 Å². The van der Waals surface area contributed by atoms with Gasteiger partial charge in [0.1, 0.15) is 10.8 Å². The van der Waals surface area contributed by atoms with Crippen molar-refractivity contribution >= 4 is 39.4 Å². The fourth-order valence-electron chi connectivity index (χ4n) is 3.18. The number of alkyl halides is 1. The Kier molecular flexibility index (Phi) is 6.63. The number of anilines is 1. The van der Waals surface area contributed by atoms with Crippen molar-refractivity contribution in [2.75, 3.05) is 32.3 Å². The number of halogens is 1. The van der Waals surface area contributed by atoms with Crippen LogP contribution >= 0.6 is 11.3 Å². The summed E-state index contributed by atoms with van der Waals surface area (Å²) in [6, 6.07) is 22.8. The van der Waals surface area contributed by atoms with Gasteiger partial charge in [-0.2, -0.15) is 0 Å². The molecule has 1 heterocycles. The summed E-state index contributed by atoms with van der Waals surface area (Å²) in [5.74, 6) is 0.733. The third-order valence-corrected chi connectivity index (χ3v) is 6.03. The highest BCUT2D eigenvalue weighted by atomic mass is 32.1. The van der Waals surface area contributed by atoms with Crippen LogP contribution in [0.2, 0.25) is 0 Å². The van der Waals surface area contributed by atoms with E-state index in [4.69, 9.17) is 9.72 Å². The average Bonchev–Trinajstić information content (AvgIpc) is 3.22. The van der Waals surface area contributed by atoms with E-state index in [-0.39, 0.29) is 6.67 Å². The minimum absolute atomic E-state index is 0.364. The van der Waals surface area contributed by atoms with Crippen LogP contribution in [0, 0.1) is 0 Å². The van der Waals surface area contributed by atoms with Gasteiger partial charge in [0.25, 0.3) is 0 Å². The molecule has 0 aliphatic rings. The SMILES string of the molecule is CN(C)c1ccc(/C=C/c2ccc(-c3nc4cc(OCCCF)ccc4s3)cc2)cc1. The highest BCUT2D eigenvalue weighted by molar-refractivity contribution is 7.21. The van der Waals surface area contributed by atoms with Crippen molar-refractivity contribution in [2.24, 2.45) is 0 Å². The van der Waals surface area contributed by atoms with Gasteiger partial charge >= 0.3 is 0 Å². The summed E-state index contributed by atoms with van der Waals surface area (Å²) < 4.78 is 18.9. The van der Waals surface area contributed by atoms with E-state index < -0.39 is 0 Å². The third kappa shape index (κ3) is 5.30. The first kappa shape index (κ1) is 21.1. The summed E-state index contributed by atoms with van der Waals surface area (Å²) >= 11 is 1.66. The Bertz CT molecular complexity index is 1160. The van der Waals surface area contributed by atoms with Crippen LogP contribution in [0.15, 0.2) is 66.7 Å². The molecule has 0 aliphatic heterocycles. The maximum Gasteiger partial charge on any atom is 0.124 e. The molecule has 0 fully saturated rings. The summed E-state index contributed by atoms with van der Waals surface area (Å²) in [6.07, 6.45) is 4.65. The molecule has 0 aliphatic carbocycles. The Morgan fingerprint density at radius 3 is 2.26 bits per heavy atom. The molecule has 0 amide bonds. The van der Waals surface area contributed by atoms with Crippen LogP contribution in [0.1, 0.15) is 17.5 Å². The van der Waals surface area contributed by atoms with Gasteiger partial charge in [0, 0.05) is 37.8 Å². The molecule has 3 nitrogen and oxygen atoms in total. The van der Waals surface area contributed by atoms with Crippen LogP contribution in [0.4, 0.5) is 10.1 Å². The number of ether oxygens (including phenoxy) is 1. The minimum Gasteiger partial charge on any atom is -0.493 e. The van der Waals surface area contributed by atoms with Crippen LogP contribution in [-0.2, 0) is 0 Å². The minimum atomic E-state index is -0.364. The lowest BCUT2D eigenvalue weighted by molar-refractivity contribution is 0.290. The molecule has 0 saturated carbocycles. The number of thiazole rings is 1. The molecular weight excluding hydrogens is 407 g/mol. The van der Waals surface area contributed by atoms with Gasteiger partial charge < -0.3 is 9.64 Å². The molecule has 5 heteroatoms. The van der Waals surface area contributed by atoms with Crippen LogP contribution in [-0.4, -0.2) is 32.4 Å². The van der Waals surface area contributed by atoms with E-state index in [1.165, 1.54) is 11.3 Å². The van der Waals surface area contributed by atoms with Gasteiger partial charge in [0.2, 0.25) is 0 Å². The van der Waals surface area contributed by atoms with Crippen molar-refractivity contribution in [3.63, 3.8) is 0 Å². The lowest BCUT2D eigenvalue weighted by Crippen LogP contribution is -2.07. The number of hydrogen-bond donors (Lipinski definition) is 0. The maximum absolute atomic E-state index is 12.2. The van der Waals surface area contributed by atoms with E-state index in [0.29, 0.717) is 13.0 Å². The van der Waals surface area contributed by atoms with E-state index in [1.807, 2.05) is 32.3 Å². The molecule has 0 radical (unpaired) electrons. The first-order valence-corrected chi connectivity index (χ1v) is 11.1. The summed E-state index contributed by atoms with van der Waals surface area (Å²) in [5.41, 5.74) is 5.50. The molecule has 1 aromatic heterocycles. The van der Waals surface area contributed by atoms with E-state index >= 15 is 0 Å². The Morgan fingerprint density at radius 1 is 0.935 bits per heavy atom. The molecule has 4 rings (SSSR count). The highest BCUT2D eigenvalue weighted by Gasteiger charge is 2.07. The number of rotatable bonds is 8. The van der Waals surface area contributed by atoms with E-state index in [9.17, 15) is 4.39 Å². The highest BCUT2D eigenvalue weighted by Crippen LogP contribution is 2.32. The molecule has 0 bridgehead atoms. The van der Waals surface area contributed by atoms with Crippen molar-refractivity contribution in [3.05, 3.63) is 77.9 Å². The molecule has 0 unspecified atom stereocenters. The molecule has 31 heavy (non-hydrogen) atoms. The summed E-state index contributed by atoms with van der Waals surface area (Å²) in [5, 5.41) is 0.978. The maximum atomic E-state index is 12.2. The van der Waals surface area contributed by atoms with Gasteiger partial charge in [-0.15, -0.1) is 11.3 Å². The van der Waals surface area contributed by atoms with Crippen LogP contribution < -0.4 is 9.64 Å².